The number of hydrogen-bond acceptors (Lipinski definition) is 2. The molecule has 18 heavy (non-hydrogen) atoms. The number of aryl methyl sites for hydroxylation is 1. The minimum atomic E-state index is -0.380. The number of carbonyl (C=O) groups excluding carboxylic acids is 1. The first-order chi connectivity index (χ1) is 8.58. The molecular weight excluding hydrogens is 250 g/mol. The molecule has 1 heterocycles. The van der Waals surface area contributed by atoms with E-state index in [4.69, 9.17) is 11.6 Å². The van der Waals surface area contributed by atoms with Crippen molar-refractivity contribution in [2.24, 2.45) is 0 Å². The van der Waals surface area contributed by atoms with Gasteiger partial charge in [0.25, 0.3) is 0 Å². The third kappa shape index (κ3) is 3.03. The van der Waals surface area contributed by atoms with E-state index in [0.717, 1.165) is 30.5 Å². The van der Waals surface area contributed by atoms with Gasteiger partial charge < -0.3 is 10.0 Å². The van der Waals surface area contributed by atoms with E-state index in [-0.39, 0.29) is 12.0 Å². The lowest BCUT2D eigenvalue weighted by molar-refractivity contribution is -0.133. The molecule has 1 saturated heterocycles. The van der Waals surface area contributed by atoms with Gasteiger partial charge in [-0.15, -0.1) is 0 Å². The molecule has 0 unspecified atom stereocenters. The Labute approximate surface area is 112 Å². The Morgan fingerprint density at radius 3 is 3.00 bits per heavy atom. The standard InChI is InChI=1S/C14H18ClNO2/c1-10-4-2-6-13(15)12(10)8-14(18)16-7-3-5-11(17)9-16/h2,4,6,11,17H,3,5,7-9H2,1H3/t11-/m0/s1. The van der Waals surface area contributed by atoms with Gasteiger partial charge in [0.15, 0.2) is 0 Å². The zero-order valence-corrected chi connectivity index (χ0v) is 11.3. The van der Waals surface area contributed by atoms with E-state index >= 15 is 0 Å². The van der Waals surface area contributed by atoms with Gasteiger partial charge in [-0.25, -0.2) is 0 Å². The van der Waals surface area contributed by atoms with Gasteiger partial charge in [0.05, 0.1) is 12.5 Å². The SMILES string of the molecule is Cc1cccc(Cl)c1CC(=O)N1CCC[C@H](O)C1. The van der Waals surface area contributed by atoms with Gasteiger partial charge in [-0.1, -0.05) is 23.7 Å². The van der Waals surface area contributed by atoms with Crippen molar-refractivity contribution in [3.8, 4) is 0 Å². The number of aliphatic hydroxyl groups excluding tert-OH is 1. The van der Waals surface area contributed by atoms with Crippen LogP contribution in [0.2, 0.25) is 5.02 Å². The van der Waals surface area contributed by atoms with E-state index in [1.54, 1.807) is 4.90 Å². The highest BCUT2D eigenvalue weighted by molar-refractivity contribution is 6.31. The van der Waals surface area contributed by atoms with Crippen molar-refractivity contribution >= 4 is 17.5 Å². The number of piperidine rings is 1. The molecule has 1 N–H and O–H groups in total. The summed E-state index contributed by atoms with van der Waals surface area (Å²) < 4.78 is 0. The second kappa shape index (κ2) is 5.72. The van der Waals surface area contributed by atoms with E-state index in [0.29, 0.717) is 18.0 Å². The fraction of sp³-hybridized carbons (Fsp3) is 0.500. The summed E-state index contributed by atoms with van der Waals surface area (Å²) >= 11 is 6.12. The Kier molecular flexibility index (Phi) is 4.25. The number of benzene rings is 1. The molecular formula is C14H18ClNO2. The third-order valence-corrected chi connectivity index (χ3v) is 3.78. The van der Waals surface area contributed by atoms with Crippen LogP contribution in [0.5, 0.6) is 0 Å². The molecule has 0 saturated carbocycles. The van der Waals surface area contributed by atoms with Crippen LogP contribution < -0.4 is 0 Å². The Morgan fingerprint density at radius 2 is 2.33 bits per heavy atom. The van der Waals surface area contributed by atoms with Crippen LogP contribution in [0.1, 0.15) is 24.0 Å². The van der Waals surface area contributed by atoms with Crippen molar-refractivity contribution in [3.05, 3.63) is 34.3 Å². The number of nitrogens with zero attached hydrogens (tertiary/aromatic N) is 1. The van der Waals surface area contributed by atoms with Crippen LogP contribution in [0, 0.1) is 6.92 Å². The molecule has 2 rings (SSSR count). The van der Waals surface area contributed by atoms with Crippen LogP contribution >= 0.6 is 11.6 Å². The highest BCUT2D eigenvalue weighted by Gasteiger charge is 2.22. The monoisotopic (exact) mass is 267 g/mol. The maximum absolute atomic E-state index is 12.2. The van der Waals surface area contributed by atoms with Crippen molar-refractivity contribution in [3.63, 3.8) is 0 Å². The molecule has 98 valence electrons. The van der Waals surface area contributed by atoms with Gasteiger partial charge in [-0.05, 0) is 37.0 Å². The first-order valence-electron chi connectivity index (χ1n) is 6.27. The Hall–Kier alpha value is -1.06. The summed E-state index contributed by atoms with van der Waals surface area (Å²) in [5.74, 6) is 0.0463. The van der Waals surface area contributed by atoms with Gasteiger partial charge in [0.2, 0.25) is 5.91 Å². The summed E-state index contributed by atoms with van der Waals surface area (Å²) in [7, 11) is 0. The number of β-amino-alcohol motifs (C(OH)–C–C–N with tert-alkyl or cyclic N) is 1. The van der Waals surface area contributed by atoms with Gasteiger partial charge >= 0.3 is 0 Å². The lowest BCUT2D eigenvalue weighted by atomic mass is 10.0. The molecule has 0 spiro atoms. The van der Waals surface area contributed by atoms with Crippen molar-refractivity contribution in [2.75, 3.05) is 13.1 Å². The van der Waals surface area contributed by atoms with Crippen molar-refractivity contribution in [2.45, 2.75) is 32.3 Å². The smallest absolute Gasteiger partial charge is 0.227 e. The summed E-state index contributed by atoms with van der Waals surface area (Å²) in [4.78, 5) is 13.9. The van der Waals surface area contributed by atoms with E-state index < -0.39 is 0 Å². The predicted molar refractivity (Wildman–Crippen MR) is 71.7 cm³/mol. The Morgan fingerprint density at radius 1 is 1.56 bits per heavy atom. The van der Waals surface area contributed by atoms with E-state index in [1.807, 2.05) is 25.1 Å². The van der Waals surface area contributed by atoms with Crippen LogP contribution in [0.15, 0.2) is 18.2 Å². The second-order valence-electron chi connectivity index (χ2n) is 4.85. The van der Waals surface area contributed by atoms with E-state index in [1.165, 1.54) is 0 Å². The minimum absolute atomic E-state index is 0.0463. The fourth-order valence-electron chi connectivity index (χ4n) is 2.33. The van der Waals surface area contributed by atoms with Crippen molar-refractivity contribution in [1.29, 1.82) is 0 Å². The molecule has 0 aromatic heterocycles. The molecule has 4 heteroatoms. The summed E-state index contributed by atoms with van der Waals surface area (Å²) in [5, 5.41) is 10.2. The minimum Gasteiger partial charge on any atom is -0.391 e. The van der Waals surface area contributed by atoms with Crippen LogP contribution in [-0.2, 0) is 11.2 Å². The number of carbonyl (C=O) groups is 1. The number of amides is 1. The number of halogens is 1. The molecule has 1 aromatic carbocycles. The molecule has 0 aliphatic carbocycles. The fourth-order valence-corrected chi connectivity index (χ4v) is 2.62. The van der Waals surface area contributed by atoms with Gasteiger partial charge in [0, 0.05) is 18.1 Å². The number of hydrogen-bond donors (Lipinski definition) is 1. The highest BCUT2D eigenvalue weighted by atomic mass is 35.5. The van der Waals surface area contributed by atoms with Gasteiger partial charge in [0.1, 0.15) is 0 Å². The largest absolute Gasteiger partial charge is 0.391 e. The van der Waals surface area contributed by atoms with Crippen LogP contribution in [0.25, 0.3) is 0 Å². The number of likely N-dealkylation sites (tertiary alicyclic amines) is 1. The van der Waals surface area contributed by atoms with Crippen molar-refractivity contribution < 1.29 is 9.90 Å². The molecule has 1 aliphatic heterocycles. The zero-order chi connectivity index (χ0) is 13.1. The average Bonchev–Trinajstić information content (AvgIpc) is 2.34. The van der Waals surface area contributed by atoms with Crippen LogP contribution in [-0.4, -0.2) is 35.1 Å². The molecule has 1 fully saturated rings. The summed E-state index contributed by atoms with van der Waals surface area (Å²) in [6.45, 7) is 3.14. The maximum atomic E-state index is 12.2. The molecule has 3 nitrogen and oxygen atoms in total. The van der Waals surface area contributed by atoms with E-state index in [9.17, 15) is 9.90 Å². The lowest BCUT2D eigenvalue weighted by Crippen LogP contribution is -2.42. The van der Waals surface area contributed by atoms with Crippen LogP contribution in [0.4, 0.5) is 0 Å². The lowest BCUT2D eigenvalue weighted by Gasteiger charge is -2.30. The highest BCUT2D eigenvalue weighted by Crippen LogP contribution is 2.21. The molecule has 1 amide bonds. The molecule has 0 bridgehead atoms. The quantitative estimate of drug-likeness (QED) is 0.892. The molecule has 1 aromatic rings. The predicted octanol–water partition coefficient (Wildman–Crippen LogP) is 2.17. The maximum Gasteiger partial charge on any atom is 0.227 e. The van der Waals surface area contributed by atoms with Crippen molar-refractivity contribution in [1.82, 2.24) is 4.90 Å². The number of aliphatic hydroxyl groups is 1. The third-order valence-electron chi connectivity index (χ3n) is 3.43. The topological polar surface area (TPSA) is 40.5 Å². The van der Waals surface area contributed by atoms with E-state index in [2.05, 4.69) is 0 Å². The average molecular weight is 268 g/mol. The Bertz CT molecular complexity index is 427. The zero-order valence-electron chi connectivity index (χ0n) is 10.5. The molecule has 0 radical (unpaired) electrons. The van der Waals surface area contributed by atoms with Gasteiger partial charge in [-0.2, -0.15) is 0 Å². The summed E-state index contributed by atoms with van der Waals surface area (Å²) in [6, 6.07) is 5.65. The van der Waals surface area contributed by atoms with Gasteiger partial charge in [-0.3, -0.25) is 4.79 Å². The molecule has 1 aliphatic rings. The first-order valence-corrected chi connectivity index (χ1v) is 6.65. The normalized spacial score (nSPS) is 19.9. The summed E-state index contributed by atoms with van der Waals surface area (Å²) in [6.07, 6.45) is 1.59. The van der Waals surface area contributed by atoms with Crippen LogP contribution in [0.3, 0.4) is 0 Å². The molecule has 1 atom stereocenters. The second-order valence-corrected chi connectivity index (χ2v) is 5.26. The Balaban J connectivity index is 2.07. The summed E-state index contributed by atoms with van der Waals surface area (Å²) in [5.41, 5.74) is 1.93. The first kappa shape index (κ1) is 13.4. The number of rotatable bonds is 2.